The molecule has 0 radical (unpaired) electrons. The van der Waals surface area contributed by atoms with Crippen molar-refractivity contribution in [3.63, 3.8) is 0 Å². The summed E-state index contributed by atoms with van der Waals surface area (Å²) in [7, 11) is 0. The van der Waals surface area contributed by atoms with Gasteiger partial charge in [0.2, 0.25) is 3.79 Å². The van der Waals surface area contributed by atoms with Crippen LogP contribution in [0.1, 0.15) is 10.4 Å². The van der Waals surface area contributed by atoms with Gasteiger partial charge in [0.25, 0.3) is 11.6 Å². The molecule has 12 heteroatoms. The summed E-state index contributed by atoms with van der Waals surface area (Å²) in [6.45, 7) is 0. The van der Waals surface area contributed by atoms with Crippen LogP contribution in [0.25, 0.3) is 0 Å². The fraction of sp³-hybridized carbons (Fsp3) is 0.125. The summed E-state index contributed by atoms with van der Waals surface area (Å²) < 4.78 is -1.98. The van der Waals surface area contributed by atoms with E-state index in [1.54, 1.807) is 24.3 Å². The number of halogens is 4. The SMILES string of the molecule is O=C(N[C@@H](NC(=S)Nc1ccccc1Cl)C(Cl)(Cl)Cl)c1cccc([N+](=O)[O-])c1. The second kappa shape index (κ2) is 9.58. The number of carbonyl (C=O) groups excluding carboxylic acids is 1. The first kappa shape index (κ1) is 22.4. The number of benzene rings is 2. The number of anilines is 1. The molecule has 0 aliphatic carbocycles. The van der Waals surface area contributed by atoms with Gasteiger partial charge in [-0.15, -0.1) is 0 Å². The summed E-state index contributed by atoms with van der Waals surface area (Å²) >= 11 is 29.0. The first-order valence-electron chi connectivity index (χ1n) is 7.52. The topological polar surface area (TPSA) is 96.3 Å². The van der Waals surface area contributed by atoms with E-state index >= 15 is 0 Å². The molecule has 0 unspecified atom stereocenters. The van der Waals surface area contributed by atoms with E-state index in [-0.39, 0.29) is 16.4 Å². The Morgan fingerprint density at radius 1 is 1.11 bits per heavy atom. The quantitative estimate of drug-likeness (QED) is 0.189. The third-order valence-electron chi connectivity index (χ3n) is 3.32. The van der Waals surface area contributed by atoms with Crippen LogP contribution in [0.2, 0.25) is 5.02 Å². The molecule has 28 heavy (non-hydrogen) atoms. The number of para-hydroxylation sites is 1. The highest BCUT2D eigenvalue weighted by Crippen LogP contribution is 2.29. The highest BCUT2D eigenvalue weighted by atomic mass is 35.6. The highest BCUT2D eigenvalue weighted by molar-refractivity contribution is 7.80. The van der Waals surface area contributed by atoms with E-state index in [0.29, 0.717) is 10.7 Å². The largest absolute Gasteiger partial charge is 0.339 e. The van der Waals surface area contributed by atoms with Gasteiger partial charge < -0.3 is 16.0 Å². The molecule has 0 spiro atoms. The molecule has 1 amide bonds. The van der Waals surface area contributed by atoms with Crippen LogP contribution in [0.4, 0.5) is 11.4 Å². The number of nitrogens with one attached hydrogen (secondary N) is 3. The monoisotopic (exact) mass is 480 g/mol. The van der Waals surface area contributed by atoms with Gasteiger partial charge in [-0.1, -0.05) is 64.6 Å². The zero-order valence-electron chi connectivity index (χ0n) is 13.8. The van der Waals surface area contributed by atoms with Crippen molar-refractivity contribution in [3.05, 3.63) is 69.2 Å². The van der Waals surface area contributed by atoms with Gasteiger partial charge in [-0.25, -0.2) is 0 Å². The molecule has 2 aromatic rings. The Hall–Kier alpha value is -1.84. The molecule has 7 nitrogen and oxygen atoms in total. The van der Waals surface area contributed by atoms with Gasteiger partial charge in [0.05, 0.1) is 15.6 Å². The molecule has 0 saturated heterocycles. The summed E-state index contributed by atoms with van der Waals surface area (Å²) in [4.78, 5) is 22.7. The van der Waals surface area contributed by atoms with Gasteiger partial charge in [-0.05, 0) is 30.4 Å². The van der Waals surface area contributed by atoms with E-state index in [1.165, 1.54) is 18.2 Å². The van der Waals surface area contributed by atoms with E-state index < -0.39 is 20.8 Å². The summed E-state index contributed by atoms with van der Waals surface area (Å²) in [5.41, 5.74) is 0.275. The van der Waals surface area contributed by atoms with Gasteiger partial charge in [-0.3, -0.25) is 14.9 Å². The molecule has 3 N–H and O–H groups in total. The highest BCUT2D eigenvalue weighted by Gasteiger charge is 2.35. The van der Waals surface area contributed by atoms with Gasteiger partial charge in [0, 0.05) is 17.7 Å². The zero-order valence-corrected chi connectivity index (χ0v) is 17.6. The molecule has 0 bridgehead atoms. The molecule has 0 aliphatic rings. The molecule has 148 valence electrons. The van der Waals surface area contributed by atoms with E-state index in [2.05, 4.69) is 16.0 Å². The number of alkyl halides is 3. The Morgan fingerprint density at radius 3 is 2.39 bits per heavy atom. The lowest BCUT2D eigenvalue weighted by Gasteiger charge is -2.27. The van der Waals surface area contributed by atoms with Crippen LogP contribution in [-0.4, -0.2) is 25.9 Å². The van der Waals surface area contributed by atoms with Gasteiger partial charge in [-0.2, -0.15) is 0 Å². The fourth-order valence-corrected chi connectivity index (χ4v) is 2.77. The van der Waals surface area contributed by atoms with E-state index in [9.17, 15) is 14.9 Å². The molecule has 0 saturated carbocycles. The third kappa shape index (κ3) is 6.35. The van der Waals surface area contributed by atoms with Crippen LogP contribution in [0.15, 0.2) is 48.5 Å². The number of rotatable bonds is 5. The summed E-state index contributed by atoms with van der Waals surface area (Å²) in [6.07, 6.45) is -1.24. The van der Waals surface area contributed by atoms with Gasteiger partial charge in [0.15, 0.2) is 5.11 Å². The average Bonchev–Trinajstić information content (AvgIpc) is 2.62. The van der Waals surface area contributed by atoms with Crippen molar-refractivity contribution in [1.29, 1.82) is 0 Å². The number of thiocarbonyl (C=S) groups is 1. The Balaban J connectivity index is 2.12. The standard InChI is InChI=1S/C16H12Cl4N4O3S/c17-11-6-1-2-7-12(11)21-15(28)23-14(16(18,19)20)22-13(25)9-4-3-5-10(8-9)24(26)27/h1-8,14H,(H,22,25)(H2,21,23,28)/t14-/m0/s1. The first-order chi connectivity index (χ1) is 13.1. The van der Waals surface area contributed by atoms with Crippen LogP contribution < -0.4 is 16.0 Å². The number of non-ortho nitro benzene ring substituents is 1. The number of nitro benzene ring substituents is 1. The lowest BCUT2D eigenvalue weighted by molar-refractivity contribution is -0.384. The summed E-state index contributed by atoms with van der Waals surface area (Å²) in [6, 6.07) is 11.9. The second-order valence-electron chi connectivity index (χ2n) is 5.33. The Bertz CT molecular complexity index is 907. The average molecular weight is 482 g/mol. The number of nitro groups is 1. The third-order valence-corrected chi connectivity index (χ3v) is 4.52. The Kier molecular flexibility index (Phi) is 7.68. The van der Waals surface area contributed by atoms with Crippen molar-refractivity contribution in [2.45, 2.75) is 9.96 Å². The van der Waals surface area contributed by atoms with E-state index in [4.69, 9.17) is 58.6 Å². The van der Waals surface area contributed by atoms with Crippen molar-refractivity contribution < 1.29 is 9.72 Å². The second-order valence-corrected chi connectivity index (χ2v) is 8.52. The van der Waals surface area contributed by atoms with Crippen molar-refractivity contribution in [2.24, 2.45) is 0 Å². The molecule has 1 atom stereocenters. The van der Waals surface area contributed by atoms with Crippen LogP contribution in [0, 0.1) is 10.1 Å². The Labute approximate surface area is 185 Å². The molecule has 2 rings (SSSR count). The molecular formula is C16H12Cl4N4O3S. The number of nitrogens with zero attached hydrogens (tertiary/aromatic N) is 1. The minimum absolute atomic E-state index is 0.0141. The number of carbonyl (C=O) groups is 1. The summed E-state index contributed by atoms with van der Waals surface area (Å²) in [5, 5.41) is 19.2. The smallest absolute Gasteiger partial charge is 0.270 e. The normalized spacial score (nSPS) is 12.0. The number of hydrogen-bond acceptors (Lipinski definition) is 4. The van der Waals surface area contributed by atoms with Crippen LogP contribution in [0.3, 0.4) is 0 Å². The molecule has 0 heterocycles. The minimum Gasteiger partial charge on any atom is -0.339 e. The molecule has 0 aromatic heterocycles. The molecule has 2 aromatic carbocycles. The summed E-state index contributed by atoms with van der Waals surface area (Å²) in [5.74, 6) is -0.701. The molecule has 0 aliphatic heterocycles. The number of hydrogen-bond donors (Lipinski definition) is 3. The minimum atomic E-state index is -1.98. The van der Waals surface area contributed by atoms with E-state index in [0.717, 1.165) is 6.07 Å². The van der Waals surface area contributed by atoms with Gasteiger partial charge in [0.1, 0.15) is 6.17 Å². The maximum atomic E-state index is 12.4. The van der Waals surface area contributed by atoms with Gasteiger partial charge >= 0.3 is 0 Å². The zero-order chi connectivity index (χ0) is 20.9. The first-order valence-corrected chi connectivity index (χ1v) is 9.44. The lowest BCUT2D eigenvalue weighted by Crippen LogP contribution is -2.56. The van der Waals surface area contributed by atoms with Crippen LogP contribution >= 0.6 is 58.6 Å². The van der Waals surface area contributed by atoms with Crippen LogP contribution in [0.5, 0.6) is 0 Å². The fourth-order valence-electron chi connectivity index (χ4n) is 2.03. The lowest BCUT2D eigenvalue weighted by atomic mass is 10.2. The number of amides is 1. The van der Waals surface area contributed by atoms with Crippen molar-refractivity contribution in [2.75, 3.05) is 5.32 Å². The maximum absolute atomic E-state index is 12.4. The van der Waals surface area contributed by atoms with E-state index in [1.807, 2.05) is 0 Å². The maximum Gasteiger partial charge on any atom is 0.270 e. The van der Waals surface area contributed by atoms with Crippen molar-refractivity contribution in [3.8, 4) is 0 Å². The Morgan fingerprint density at radius 2 is 1.79 bits per heavy atom. The predicted octanol–water partition coefficient (Wildman–Crippen LogP) is 4.66. The van der Waals surface area contributed by atoms with Crippen molar-refractivity contribution in [1.82, 2.24) is 10.6 Å². The predicted molar refractivity (Wildman–Crippen MR) is 115 cm³/mol. The van der Waals surface area contributed by atoms with Crippen molar-refractivity contribution >= 4 is 81.0 Å². The van der Waals surface area contributed by atoms with Crippen LogP contribution in [-0.2, 0) is 0 Å². The molecule has 0 fully saturated rings. The molecular weight excluding hydrogens is 470 g/mol.